The molecule has 0 unspecified atom stereocenters. The molecule has 1 aromatic heterocycles. The van der Waals surface area contributed by atoms with E-state index in [-0.39, 0.29) is 12.4 Å². The molecule has 1 heterocycles. The molecule has 0 aliphatic rings. The van der Waals surface area contributed by atoms with Crippen LogP contribution in [0.5, 0.6) is 6.01 Å². The van der Waals surface area contributed by atoms with Crippen molar-refractivity contribution >= 4 is 5.97 Å². The van der Waals surface area contributed by atoms with Crippen molar-refractivity contribution in [2.75, 3.05) is 13.2 Å². The van der Waals surface area contributed by atoms with Gasteiger partial charge in [0, 0.05) is 12.4 Å². The fraction of sp³-hybridized carbons (Fsp3) is 0.417. The van der Waals surface area contributed by atoms with Crippen molar-refractivity contribution in [3.63, 3.8) is 0 Å². The lowest BCUT2D eigenvalue weighted by Crippen LogP contribution is -2.01. The molecular weight excluding hydrogens is 220 g/mol. The highest BCUT2D eigenvalue weighted by Gasteiger charge is 1.97. The van der Waals surface area contributed by atoms with E-state index >= 15 is 0 Å². The first-order chi connectivity index (χ1) is 8.26. The van der Waals surface area contributed by atoms with Gasteiger partial charge in [-0.1, -0.05) is 11.8 Å². The molecule has 0 aromatic carbocycles. The first-order valence-corrected chi connectivity index (χ1v) is 5.35. The van der Waals surface area contributed by atoms with Gasteiger partial charge in [0.25, 0.3) is 0 Å². The van der Waals surface area contributed by atoms with Crippen LogP contribution in [0, 0.1) is 11.8 Å². The summed E-state index contributed by atoms with van der Waals surface area (Å²) >= 11 is 0. The van der Waals surface area contributed by atoms with E-state index in [9.17, 15) is 4.79 Å². The average Bonchev–Trinajstić information content (AvgIpc) is 2.32. The fourth-order valence-corrected chi connectivity index (χ4v) is 1.01. The molecule has 0 bridgehead atoms. The van der Waals surface area contributed by atoms with Crippen molar-refractivity contribution in [3.05, 3.63) is 18.0 Å². The normalized spacial score (nSPS) is 9.06. The van der Waals surface area contributed by atoms with Gasteiger partial charge in [0.1, 0.15) is 6.42 Å². The second-order valence-electron chi connectivity index (χ2n) is 2.97. The lowest BCUT2D eigenvalue weighted by Gasteiger charge is -1.98. The van der Waals surface area contributed by atoms with Crippen LogP contribution in [0.4, 0.5) is 0 Å². The van der Waals surface area contributed by atoms with Gasteiger partial charge in [-0.25, -0.2) is 9.97 Å². The number of esters is 1. The maximum atomic E-state index is 11.0. The molecule has 0 aliphatic carbocycles. The molecule has 0 fully saturated rings. The molecule has 5 nitrogen and oxygen atoms in total. The number of ether oxygens (including phenoxy) is 2. The summed E-state index contributed by atoms with van der Waals surface area (Å²) in [4.78, 5) is 18.9. The number of rotatable bonds is 4. The van der Waals surface area contributed by atoms with Crippen molar-refractivity contribution in [2.45, 2.75) is 20.3 Å². The molecule has 90 valence electrons. The Morgan fingerprint density at radius 1 is 1.29 bits per heavy atom. The Labute approximate surface area is 100 Å². The van der Waals surface area contributed by atoms with Crippen LogP contribution < -0.4 is 4.74 Å². The number of hydrogen-bond donors (Lipinski definition) is 0. The highest BCUT2D eigenvalue weighted by Crippen LogP contribution is 2.01. The van der Waals surface area contributed by atoms with E-state index in [0.29, 0.717) is 24.8 Å². The maximum Gasteiger partial charge on any atom is 0.317 e. The average molecular weight is 234 g/mol. The molecule has 0 saturated heterocycles. The van der Waals surface area contributed by atoms with E-state index in [0.717, 1.165) is 0 Å². The minimum Gasteiger partial charge on any atom is -0.465 e. The Bertz CT molecular complexity index is 418. The van der Waals surface area contributed by atoms with Crippen LogP contribution >= 0.6 is 0 Å². The van der Waals surface area contributed by atoms with E-state index in [1.807, 2.05) is 6.92 Å². The summed E-state index contributed by atoms with van der Waals surface area (Å²) in [6.07, 6.45) is 3.17. The molecule has 0 amide bonds. The van der Waals surface area contributed by atoms with Crippen LogP contribution in [0.25, 0.3) is 0 Å². The summed E-state index contributed by atoms with van der Waals surface area (Å²) in [5, 5.41) is 0. The van der Waals surface area contributed by atoms with Crippen LogP contribution in [0.3, 0.4) is 0 Å². The van der Waals surface area contributed by atoms with Gasteiger partial charge in [0.15, 0.2) is 0 Å². The van der Waals surface area contributed by atoms with Gasteiger partial charge in [-0.3, -0.25) is 4.79 Å². The van der Waals surface area contributed by atoms with Crippen molar-refractivity contribution in [2.24, 2.45) is 0 Å². The predicted octanol–water partition coefficient (Wildman–Crippen LogP) is 1.18. The van der Waals surface area contributed by atoms with Gasteiger partial charge in [0.2, 0.25) is 0 Å². The number of carbonyl (C=O) groups excluding carboxylic acids is 1. The van der Waals surface area contributed by atoms with Crippen molar-refractivity contribution in [1.82, 2.24) is 9.97 Å². The van der Waals surface area contributed by atoms with Gasteiger partial charge >= 0.3 is 12.0 Å². The Hall–Kier alpha value is -2.09. The third-order valence-corrected chi connectivity index (χ3v) is 1.67. The number of hydrogen-bond acceptors (Lipinski definition) is 5. The number of nitrogens with zero attached hydrogens (tertiary/aromatic N) is 2. The number of carbonyl (C=O) groups is 1. The second-order valence-corrected chi connectivity index (χ2v) is 2.97. The van der Waals surface area contributed by atoms with Crippen LogP contribution in [0.2, 0.25) is 0 Å². The summed E-state index contributed by atoms with van der Waals surface area (Å²) in [6, 6.07) is 0.323. The molecule has 0 saturated carbocycles. The minimum absolute atomic E-state index is 0.0705. The summed E-state index contributed by atoms with van der Waals surface area (Å²) < 4.78 is 9.83. The van der Waals surface area contributed by atoms with E-state index in [1.165, 1.54) is 0 Å². The monoisotopic (exact) mass is 234 g/mol. The lowest BCUT2D eigenvalue weighted by atomic mass is 10.3. The lowest BCUT2D eigenvalue weighted by molar-refractivity contribution is -0.141. The molecule has 0 atom stereocenters. The highest BCUT2D eigenvalue weighted by molar-refractivity contribution is 5.72. The largest absolute Gasteiger partial charge is 0.465 e. The second kappa shape index (κ2) is 7.23. The Morgan fingerprint density at radius 2 is 2.00 bits per heavy atom. The molecule has 0 aliphatic heterocycles. The highest BCUT2D eigenvalue weighted by atomic mass is 16.5. The fourth-order valence-electron chi connectivity index (χ4n) is 1.01. The zero-order valence-corrected chi connectivity index (χ0v) is 9.90. The first kappa shape index (κ1) is 13.0. The zero-order valence-electron chi connectivity index (χ0n) is 9.90. The molecule has 5 heteroatoms. The topological polar surface area (TPSA) is 61.3 Å². The summed E-state index contributed by atoms with van der Waals surface area (Å²) in [6.45, 7) is 4.50. The standard InChI is InChI=1S/C12H14N2O3/c1-3-16-11(15)7-5-6-10-8-13-12(14-9-10)17-4-2/h8-9H,3-4,7H2,1-2H3. The van der Waals surface area contributed by atoms with Gasteiger partial charge in [-0.15, -0.1) is 0 Å². The Morgan fingerprint density at radius 3 is 2.59 bits per heavy atom. The minimum atomic E-state index is -0.327. The summed E-state index contributed by atoms with van der Waals surface area (Å²) in [5.41, 5.74) is 0.637. The van der Waals surface area contributed by atoms with Gasteiger partial charge < -0.3 is 9.47 Å². The molecule has 0 radical (unpaired) electrons. The van der Waals surface area contributed by atoms with Crippen molar-refractivity contribution < 1.29 is 14.3 Å². The Kier molecular flexibility index (Phi) is 5.52. The van der Waals surface area contributed by atoms with E-state index in [1.54, 1.807) is 19.3 Å². The van der Waals surface area contributed by atoms with Crippen molar-refractivity contribution in [3.8, 4) is 17.9 Å². The molecular formula is C12H14N2O3. The molecule has 1 aromatic rings. The van der Waals surface area contributed by atoms with Crippen molar-refractivity contribution in [1.29, 1.82) is 0 Å². The van der Waals surface area contributed by atoms with Gasteiger partial charge in [-0.05, 0) is 13.8 Å². The predicted molar refractivity (Wildman–Crippen MR) is 61.3 cm³/mol. The van der Waals surface area contributed by atoms with E-state index in [2.05, 4.69) is 21.8 Å². The third-order valence-electron chi connectivity index (χ3n) is 1.67. The van der Waals surface area contributed by atoms with Crippen LogP contribution in [0.1, 0.15) is 25.8 Å². The van der Waals surface area contributed by atoms with Gasteiger partial charge in [-0.2, -0.15) is 0 Å². The van der Waals surface area contributed by atoms with Gasteiger partial charge in [0.05, 0.1) is 18.8 Å². The van der Waals surface area contributed by atoms with Crippen LogP contribution in [0.15, 0.2) is 12.4 Å². The SMILES string of the molecule is CCOC(=O)CC#Cc1cnc(OCC)nc1. The quantitative estimate of drug-likeness (QED) is 0.578. The summed E-state index contributed by atoms with van der Waals surface area (Å²) in [7, 11) is 0. The smallest absolute Gasteiger partial charge is 0.317 e. The third kappa shape index (κ3) is 4.98. The maximum absolute atomic E-state index is 11.0. The van der Waals surface area contributed by atoms with Crippen LogP contribution in [-0.2, 0) is 9.53 Å². The zero-order chi connectivity index (χ0) is 12.5. The van der Waals surface area contributed by atoms with E-state index < -0.39 is 0 Å². The molecule has 17 heavy (non-hydrogen) atoms. The molecule has 1 rings (SSSR count). The Balaban J connectivity index is 2.51. The first-order valence-electron chi connectivity index (χ1n) is 5.35. The number of aromatic nitrogens is 2. The summed E-state index contributed by atoms with van der Waals surface area (Å²) in [5.74, 6) is 5.14. The molecule has 0 spiro atoms. The van der Waals surface area contributed by atoms with E-state index in [4.69, 9.17) is 9.47 Å². The molecule has 0 N–H and O–H groups in total. The van der Waals surface area contributed by atoms with Crippen LogP contribution in [-0.4, -0.2) is 29.2 Å².